The summed E-state index contributed by atoms with van der Waals surface area (Å²) in [5.74, 6) is -1.41. The molecular weight excluding hydrogens is 468 g/mol. The Labute approximate surface area is 220 Å². The van der Waals surface area contributed by atoms with Gasteiger partial charge in [0.15, 0.2) is 0 Å². The number of hydrogen-bond acceptors (Lipinski definition) is 3. The van der Waals surface area contributed by atoms with E-state index in [1.165, 1.54) is 23.8 Å². The summed E-state index contributed by atoms with van der Waals surface area (Å²) >= 11 is 0. The first-order valence-electron chi connectivity index (χ1n) is 12.9. The Hall–Kier alpha value is -3.59. The highest BCUT2D eigenvalue weighted by Crippen LogP contribution is 2.36. The molecule has 196 valence electrons. The molecule has 1 amide bonds. The fourth-order valence-electron chi connectivity index (χ4n) is 4.22. The van der Waals surface area contributed by atoms with Crippen LogP contribution in [0, 0.1) is 28.4 Å². The lowest BCUT2D eigenvalue weighted by Gasteiger charge is -2.38. The van der Waals surface area contributed by atoms with Gasteiger partial charge in [0.2, 0.25) is 0 Å². The van der Waals surface area contributed by atoms with Crippen molar-refractivity contribution < 1.29 is 13.6 Å². The quantitative estimate of drug-likeness (QED) is 0.290. The number of amides is 1. The van der Waals surface area contributed by atoms with E-state index >= 15 is 0 Å². The summed E-state index contributed by atoms with van der Waals surface area (Å²) in [5.41, 5.74) is 2.53. The van der Waals surface area contributed by atoms with Crippen LogP contribution in [-0.2, 0) is 11.2 Å². The highest BCUT2D eigenvalue weighted by atomic mass is 19.1. The average Bonchev–Trinajstić information content (AvgIpc) is 2.94. The monoisotopic (exact) mass is 505 g/mol. The van der Waals surface area contributed by atoms with Gasteiger partial charge < -0.3 is 4.90 Å². The van der Waals surface area contributed by atoms with E-state index in [4.69, 9.17) is 0 Å². The minimum absolute atomic E-state index is 0.0102. The van der Waals surface area contributed by atoms with Gasteiger partial charge in [0.1, 0.15) is 11.6 Å². The number of nitriles is 1. The molecule has 1 fully saturated rings. The maximum atomic E-state index is 14.2. The Balaban J connectivity index is 0.00000235. The van der Waals surface area contributed by atoms with Crippen molar-refractivity contribution in [1.82, 2.24) is 9.88 Å². The highest BCUT2D eigenvalue weighted by molar-refractivity contribution is 6.03. The minimum atomic E-state index is -0.916. The van der Waals surface area contributed by atoms with E-state index in [9.17, 15) is 18.8 Å². The van der Waals surface area contributed by atoms with Crippen LogP contribution in [0.2, 0.25) is 0 Å². The number of carbonyl (C=O) groups excluding carboxylic acids is 1. The third-order valence-corrected chi connectivity index (χ3v) is 6.77. The number of aromatic nitrogens is 1. The van der Waals surface area contributed by atoms with Gasteiger partial charge >= 0.3 is 0 Å². The van der Waals surface area contributed by atoms with Crippen LogP contribution >= 0.6 is 0 Å². The maximum absolute atomic E-state index is 14.2. The topological polar surface area (TPSA) is 57.0 Å². The van der Waals surface area contributed by atoms with Gasteiger partial charge in [0, 0.05) is 36.6 Å². The van der Waals surface area contributed by atoms with Crippen molar-refractivity contribution in [3.05, 3.63) is 94.9 Å². The average molecular weight is 506 g/mol. The Bertz CT molecular complexity index is 1160. The molecule has 1 aromatic heterocycles. The fourth-order valence-corrected chi connectivity index (χ4v) is 4.22. The number of pyridine rings is 1. The molecule has 1 saturated heterocycles. The third kappa shape index (κ3) is 7.69. The molecule has 37 heavy (non-hydrogen) atoms. The summed E-state index contributed by atoms with van der Waals surface area (Å²) in [6.07, 6.45) is 10.7. The summed E-state index contributed by atoms with van der Waals surface area (Å²) in [6.45, 7) is 10.7. The van der Waals surface area contributed by atoms with Crippen LogP contribution in [-0.4, -0.2) is 28.9 Å². The van der Waals surface area contributed by atoms with Crippen molar-refractivity contribution in [3.63, 3.8) is 0 Å². The van der Waals surface area contributed by atoms with Gasteiger partial charge in [-0.25, -0.2) is 8.78 Å². The second-order valence-electron chi connectivity index (χ2n) is 9.06. The molecule has 2 heterocycles. The zero-order chi connectivity index (χ0) is 27.4. The summed E-state index contributed by atoms with van der Waals surface area (Å²) in [4.78, 5) is 19.4. The molecule has 0 atom stereocenters. The largest absolute Gasteiger partial charge is 0.339 e. The van der Waals surface area contributed by atoms with E-state index in [2.05, 4.69) is 18.0 Å². The van der Waals surface area contributed by atoms with E-state index < -0.39 is 17.0 Å². The predicted octanol–water partition coefficient (Wildman–Crippen LogP) is 7.45. The van der Waals surface area contributed by atoms with Gasteiger partial charge in [-0.15, -0.1) is 0 Å². The minimum Gasteiger partial charge on any atom is -0.339 e. The van der Waals surface area contributed by atoms with E-state index in [1.54, 1.807) is 17.3 Å². The van der Waals surface area contributed by atoms with Crippen molar-refractivity contribution in [2.75, 3.05) is 13.1 Å². The number of hydrogen-bond donors (Lipinski definition) is 0. The number of piperidine rings is 1. The number of carbonyl (C=O) groups is 1. The normalized spacial score (nSPS) is 15.9. The van der Waals surface area contributed by atoms with Crippen LogP contribution < -0.4 is 0 Å². The van der Waals surface area contributed by atoms with Crippen LogP contribution in [0.1, 0.15) is 65.0 Å². The van der Waals surface area contributed by atoms with Crippen molar-refractivity contribution in [3.8, 4) is 6.07 Å². The van der Waals surface area contributed by atoms with Gasteiger partial charge in [-0.2, -0.15) is 5.26 Å². The Morgan fingerprint density at radius 3 is 2.24 bits per heavy atom. The van der Waals surface area contributed by atoms with Crippen LogP contribution in [0.3, 0.4) is 0 Å². The first kappa shape index (κ1) is 29.6. The van der Waals surface area contributed by atoms with Crippen molar-refractivity contribution in [2.24, 2.45) is 5.41 Å². The van der Waals surface area contributed by atoms with Crippen LogP contribution in [0.4, 0.5) is 8.78 Å². The molecule has 3 rings (SSSR count). The zero-order valence-electron chi connectivity index (χ0n) is 22.5. The molecule has 6 heteroatoms. The zero-order valence-corrected chi connectivity index (χ0v) is 22.5. The van der Waals surface area contributed by atoms with Gasteiger partial charge in [-0.1, -0.05) is 44.6 Å². The smallest absolute Gasteiger partial charge is 0.254 e. The summed E-state index contributed by atoms with van der Waals surface area (Å²) in [6, 6.07) is 9.77. The summed E-state index contributed by atoms with van der Waals surface area (Å²) < 4.78 is 28.5. The first-order chi connectivity index (χ1) is 17.8. The fraction of sp³-hybridized carbons (Fsp3) is 0.387. The molecule has 0 spiro atoms. The number of benzene rings is 1. The van der Waals surface area contributed by atoms with Crippen molar-refractivity contribution >= 4 is 11.5 Å². The lowest BCUT2D eigenvalue weighted by molar-refractivity contribution is -0.128. The van der Waals surface area contributed by atoms with Crippen LogP contribution in [0.5, 0.6) is 0 Å². The molecule has 0 bridgehead atoms. The summed E-state index contributed by atoms with van der Waals surface area (Å²) in [7, 11) is 0. The lowest BCUT2D eigenvalue weighted by atomic mass is 9.74. The van der Waals surface area contributed by atoms with Gasteiger partial charge in [0.25, 0.3) is 5.91 Å². The number of halogens is 2. The molecule has 1 aromatic carbocycles. The van der Waals surface area contributed by atoms with E-state index in [0.29, 0.717) is 31.5 Å². The van der Waals surface area contributed by atoms with Crippen molar-refractivity contribution in [1.29, 1.82) is 5.26 Å². The van der Waals surface area contributed by atoms with Crippen LogP contribution in [0.25, 0.3) is 5.57 Å². The molecule has 1 aliphatic rings. The molecule has 0 saturated carbocycles. The second kappa shape index (κ2) is 14.2. The Kier molecular flexibility index (Phi) is 11.4. The molecule has 0 unspecified atom stereocenters. The molecule has 4 nitrogen and oxygen atoms in total. The molecular formula is C31H37F2N3O. The van der Waals surface area contributed by atoms with E-state index in [0.717, 1.165) is 17.6 Å². The number of allylic oxidation sites excluding steroid dienone is 4. The molecule has 0 radical (unpaired) electrons. The maximum Gasteiger partial charge on any atom is 0.254 e. The standard InChI is InChI=1S/C29H31F2N3O.C2H6/c1-4-21(2)7-5-8-24(22(3)23-11-15-33-16-12-23)28(35)34-17-13-29(20-32,14-18-34)19-25-26(30)9-6-10-27(25)31;1-2/h5-12,15-16H,4,13-14,17-19H2,1-3H3;1-2H3/b8-5-,21-7+,24-22-;. The lowest BCUT2D eigenvalue weighted by Crippen LogP contribution is -2.44. The number of nitrogens with zero attached hydrogens (tertiary/aromatic N) is 3. The molecule has 1 aliphatic heterocycles. The van der Waals surface area contributed by atoms with Gasteiger partial charge in [0.05, 0.1) is 11.5 Å². The van der Waals surface area contributed by atoms with Gasteiger partial charge in [-0.05, 0) is 81.0 Å². The SMILES string of the molecule is CC.CC/C(C)=C/C=C\C(C(=O)N1CCC(C#N)(Cc2c(F)cccc2F)CC1)=C(/C)c1ccncc1. The first-order valence-corrected chi connectivity index (χ1v) is 12.9. The molecule has 2 aromatic rings. The van der Waals surface area contributed by atoms with Gasteiger partial charge in [-0.3, -0.25) is 9.78 Å². The third-order valence-electron chi connectivity index (χ3n) is 6.77. The number of rotatable bonds is 7. The number of likely N-dealkylation sites (tertiary alicyclic amines) is 1. The van der Waals surface area contributed by atoms with Crippen LogP contribution in [0.15, 0.2) is 72.1 Å². The predicted molar refractivity (Wildman–Crippen MR) is 145 cm³/mol. The molecule has 0 N–H and O–H groups in total. The molecule has 0 aliphatic carbocycles. The van der Waals surface area contributed by atoms with E-state index in [-0.39, 0.29) is 17.9 Å². The van der Waals surface area contributed by atoms with Crippen molar-refractivity contribution in [2.45, 2.75) is 60.3 Å². The second-order valence-corrected chi connectivity index (χ2v) is 9.06. The Morgan fingerprint density at radius 1 is 1.11 bits per heavy atom. The highest BCUT2D eigenvalue weighted by Gasteiger charge is 2.38. The Morgan fingerprint density at radius 2 is 1.70 bits per heavy atom. The summed E-state index contributed by atoms with van der Waals surface area (Å²) in [5, 5.41) is 9.92. The van der Waals surface area contributed by atoms with E-state index in [1.807, 2.05) is 58.1 Å².